The third-order valence-electron chi connectivity index (χ3n) is 3.36. The Labute approximate surface area is 125 Å². The molecule has 0 spiro atoms. The Hall–Kier alpha value is -2.49. The number of amides is 1. The Kier molecular flexibility index (Phi) is 4.82. The SMILES string of the molecule is CC(=O)N(C)Cc1cccc(NCc2ccccc2O)c1. The van der Waals surface area contributed by atoms with Crippen LogP contribution in [-0.4, -0.2) is 23.0 Å². The summed E-state index contributed by atoms with van der Waals surface area (Å²) in [7, 11) is 1.78. The lowest BCUT2D eigenvalue weighted by atomic mass is 10.1. The standard InChI is InChI=1S/C17H20N2O2/c1-13(20)19(2)12-14-6-5-8-16(10-14)18-11-15-7-3-4-9-17(15)21/h3-10,18,21H,11-12H2,1-2H3. The minimum atomic E-state index is 0.0440. The predicted molar refractivity (Wildman–Crippen MR) is 84.0 cm³/mol. The van der Waals surface area contributed by atoms with Crippen molar-refractivity contribution in [3.05, 3.63) is 59.7 Å². The van der Waals surface area contributed by atoms with Crippen molar-refractivity contribution < 1.29 is 9.90 Å². The van der Waals surface area contributed by atoms with Gasteiger partial charge in [-0.05, 0) is 23.8 Å². The topological polar surface area (TPSA) is 52.6 Å². The second kappa shape index (κ2) is 6.79. The van der Waals surface area contributed by atoms with Crippen LogP contribution < -0.4 is 5.32 Å². The summed E-state index contributed by atoms with van der Waals surface area (Å²) in [5.41, 5.74) is 2.88. The molecule has 0 saturated heterocycles. The largest absolute Gasteiger partial charge is 0.508 e. The molecule has 0 saturated carbocycles. The van der Waals surface area contributed by atoms with Crippen LogP contribution in [0.2, 0.25) is 0 Å². The van der Waals surface area contributed by atoms with E-state index in [4.69, 9.17) is 0 Å². The Morgan fingerprint density at radius 3 is 2.67 bits per heavy atom. The molecule has 0 aliphatic heterocycles. The Bertz CT molecular complexity index is 626. The summed E-state index contributed by atoms with van der Waals surface area (Å²) in [6.07, 6.45) is 0. The second-order valence-electron chi connectivity index (χ2n) is 5.06. The van der Waals surface area contributed by atoms with E-state index in [1.54, 1.807) is 31.0 Å². The molecule has 0 aliphatic carbocycles. The van der Waals surface area contributed by atoms with Crippen molar-refractivity contribution in [1.29, 1.82) is 0 Å². The minimum absolute atomic E-state index is 0.0440. The van der Waals surface area contributed by atoms with Crippen LogP contribution in [0.4, 0.5) is 5.69 Å². The number of phenolic OH excluding ortho intramolecular Hbond substituents is 1. The van der Waals surface area contributed by atoms with Crippen molar-refractivity contribution in [2.45, 2.75) is 20.0 Å². The van der Waals surface area contributed by atoms with Crippen LogP contribution in [0.5, 0.6) is 5.75 Å². The molecule has 110 valence electrons. The van der Waals surface area contributed by atoms with Crippen molar-refractivity contribution in [3.63, 3.8) is 0 Å². The molecule has 4 heteroatoms. The lowest BCUT2D eigenvalue weighted by Gasteiger charge is -2.16. The molecule has 0 bridgehead atoms. The Balaban J connectivity index is 2.01. The number of nitrogens with zero attached hydrogens (tertiary/aromatic N) is 1. The Morgan fingerprint density at radius 2 is 1.95 bits per heavy atom. The monoisotopic (exact) mass is 284 g/mol. The zero-order valence-electron chi connectivity index (χ0n) is 12.3. The van der Waals surface area contributed by atoms with Crippen LogP contribution >= 0.6 is 0 Å². The van der Waals surface area contributed by atoms with E-state index in [-0.39, 0.29) is 11.7 Å². The van der Waals surface area contributed by atoms with Gasteiger partial charge in [-0.15, -0.1) is 0 Å². The van der Waals surface area contributed by atoms with Gasteiger partial charge < -0.3 is 15.3 Å². The van der Waals surface area contributed by atoms with Gasteiger partial charge in [-0.2, -0.15) is 0 Å². The van der Waals surface area contributed by atoms with Gasteiger partial charge in [0.1, 0.15) is 5.75 Å². The van der Waals surface area contributed by atoms with Gasteiger partial charge in [0, 0.05) is 38.3 Å². The number of phenols is 1. The molecular weight excluding hydrogens is 264 g/mol. The third kappa shape index (κ3) is 4.24. The molecular formula is C17H20N2O2. The summed E-state index contributed by atoms with van der Waals surface area (Å²) >= 11 is 0. The molecule has 0 aromatic heterocycles. The fraction of sp³-hybridized carbons (Fsp3) is 0.235. The number of hydrogen-bond acceptors (Lipinski definition) is 3. The summed E-state index contributed by atoms with van der Waals surface area (Å²) in [6.45, 7) is 2.69. The molecule has 0 radical (unpaired) electrons. The Morgan fingerprint density at radius 1 is 1.19 bits per heavy atom. The van der Waals surface area contributed by atoms with Gasteiger partial charge in [0.05, 0.1) is 0 Å². The van der Waals surface area contributed by atoms with E-state index in [1.165, 1.54) is 0 Å². The van der Waals surface area contributed by atoms with E-state index in [9.17, 15) is 9.90 Å². The third-order valence-corrected chi connectivity index (χ3v) is 3.36. The number of hydrogen-bond donors (Lipinski definition) is 2. The molecule has 2 N–H and O–H groups in total. The predicted octanol–water partition coefficient (Wildman–Crippen LogP) is 2.98. The van der Waals surface area contributed by atoms with Gasteiger partial charge in [0.2, 0.25) is 5.91 Å². The quantitative estimate of drug-likeness (QED) is 0.887. The fourth-order valence-electron chi connectivity index (χ4n) is 2.02. The highest BCUT2D eigenvalue weighted by Crippen LogP contribution is 2.18. The van der Waals surface area contributed by atoms with E-state index < -0.39 is 0 Å². The molecule has 21 heavy (non-hydrogen) atoms. The lowest BCUT2D eigenvalue weighted by Crippen LogP contribution is -2.22. The zero-order chi connectivity index (χ0) is 15.2. The molecule has 0 unspecified atom stereocenters. The van der Waals surface area contributed by atoms with Crippen LogP contribution in [0.3, 0.4) is 0 Å². The van der Waals surface area contributed by atoms with Crippen molar-refractivity contribution in [3.8, 4) is 5.75 Å². The van der Waals surface area contributed by atoms with Crippen LogP contribution in [0.15, 0.2) is 48.5 Å². The van der Waals surface area contributed by atoms with E-state index in [1.807, 2.05) is 36.4 Å². The maximum atomic E-state index is 11.3. The van der Waals surface area contributed by atoms with Crippen LogP contribution in [0, 0.1) is 0 Å². The fourth-order valence-corrected chi connectivity index (χ4v) is 2.02. The van der Waals surface area contributed by atoms with E-state index in [0.717, 1.165) is 16.8 Å². The van der Waals surface area contributed by atoms with E-state index >= 15 is 0 Å². The number of carbonyl (C=O) groups excluding carboxylic acids is 1. The highest BCUT2D eigenvalue weighted by atomic mass is 16.3. The first-order valence-corrected chi connectivity index (χ1v) is 6.87. The molecule has 0 fully saturated rings. The summed E-state index contributed by atoms with van der Waals surface area (Å²) in [5.74, 6) is 0.333. The van der Waals surface area contributed by atoms with Gasteiger partial charge in [0.15, 0.2) is 0 Å². The number of nitrogens with one attached hydrogen (secondary N) is 1. The van der Waals surface area contributed by atoms with Crippen LogP contribution in [0.25, 0.3) is 0 Å². The molecule has 1 amide bonds. The van der Waals surface area contributed by atoms with E-state index in [2.05, 4.69) is 5.32 Å². The molecule has 2 aromatic rings. The highest BCUT2D eigenvalue weighted by Gasteiger charge is 2.04. The summed E-state index contributed by atoms with van der Waals surface area (Å²) in [6, 6.07) is 15.2. The normalized spacial score (nSPS) is 10.2. The summed E-state index contributed by atoms with van der Waals surface area (Å²) in [5, 5.41) is 13.0. The molecule has 4 nitrogen and oxygen atoms in total. The number of aromatic hydroxyl groups is 1. The first kappa shape index (κ1) is 14.9. The molecule has 0 heterocycles. The second-order valence-corrected chi connectivity index (χ2v) is 5.06. The molecule has 0 aliphatic rings. The van der Waals surface area contributed by atoms with Crippen molar-refractivity contribution in [2.75, 3.05) is 12.4 Å². The number of anilines is 1. The van der Waals surface area contributed by atoms with Crippen molar-refractivity contribution in [1.82, 2.24) is 4.90 Å². The summed E-state index contributed by atoms with van der Waals surface area (Å²) < 4.78 is 0. The maximum Gasteiger partial charge on any atom is 0.219 e. The zero-order valence-corrected chi connectivity index (χ0v) is 12.3. The molecule has 2 rings (SSSR count). The average molecular weight is 284 g/mol. The van der Waals surface area contributed by atoms with Gasteiger partial charge in [-0.1, -0.05) is 30.3 Å². The highest BCUT2D eigenvalue weighted by molar-refractivity contribution is 5.72. The number of rotatable bonds is 5. The number of para-hydroxylation sites is 1. The van der Waals surface area contributed by atoms with Crippen molar-refractivity contribution in [2.24, 2.45) is 0 Å². The smallest absolute Gasteiger partial charge is 0.219 e. The van der Waals surface area contributed by atoms with Gasteiger partial charge in [-0.3, -0.25) is 4.79 Å². The van der Waals surface area contributed by atoms with Crippen LogP contribution in [0.1, 0.15) is 18.1 Å². The van der Waals surface area contributed by atoms with Gasteiger partial charge in [0.25, 0.3) is 0 Å². The van der Waals surface area contributed by atoms with Crippen molar-refractivity contribution >= 4 is 11.6 Å². The lowest BCUT2D eigenvalue weighted by molar-refractivity contribution is -0.128. The number of benzene rings is 2. The molecule has 2 aromatic carbocycles. The number of carbonyl (C=O) groups is 1. The van der Waals surface area contributed by atoms with E-state index in [0.29, 0.717) is 13.1 Å². The first-order chi connectivity index (χ1) is 10.1. The first-order valence-electron chi connectivity index (χ1n) is 6.87. The molecule has 0 atom stereocenters. The van der Waals surface area contributed by atoms with Gasteiger partial charge >= 0.3 is 0 Å². The minimum Gasteiger partial charge on any atom is -0.508 e. The average Bonchev–Trinajstić information content (AvgIpc) is 2.46. The summed E-state index contributed by atoms with van der Waals surface area (Å²) in [4.78, 5) is 12.9. The van der Waals surface area contributed by atoms with Crippen LogP contribution in [-0.2, 0) is 17.9 Å². The van der Waals surface area contributed by atoms with Gasteiger partial charge in [-0.25, -0.2) is 0 Å². The maximum absolute atomic E-state index is 11.3.